The summed E-state index contributed by atoms with van der Waals surface area (Å²) in [6.07, 6.45) is 1.73. The average molecular weight is 415 g/mol. The van der Waals surface area contributed by atoms with Gasteiger partial charge in [-0.2, -0.15) is 0 Å². The Labute approximate surface area is 179 Å². The first-order valence-corrected chi connectivity index (χ1v) is 10.9. The van der Waals surface area contributed by atoms with Gasteiger partial charge >= 0.3 is 5.97 Å². The lowest BCUT2D eigenvalue weighted by atomic mass is 9.69. The van der Waals surface area contributed by atoms with Gasteiger partial charge in [-0.1, -0.05) is 30.3 Å². The van der Waals surface area contributed by atoms with Crippen molar-refractivity contribution in [2.75, 3.05) is 7.11 Å². The van der Waals surface area contributed by atoms with Crippen molar-refractivity contribution in [2.24, 2.45) is 5.41 Å². The van der Waals surface area contributed by atoms with E-state index in [1.54, 1.807) is 4.90 Å². The highest BCUT2D eigenvalue weighted by molar-refractivity contribution is 6.08. The summed E-state index contributed by atoms with van der Waals surface area (Å²) in [5.41, 5.74) is -0.296. The predicted octanol–water partition coefficient (Wildman–Crippen LogP) is 3.19. The lowest BCUT2D eigenvalue weighted by Gasteiger charge is -2.46. The molecule has 0 saturated carbocycles. The third-order valence-electron chi connectivity index (χ3n) is 6.72. The number of amides is 1. The van der Waals surface area contributed by atoms with Gasteiger partial charge in [-0.05, 0) is 46.1 Å². The number of nitrogens with zero attached hydrogens (tertiary/aromatic N) is 2. The number of fused-ring (bicyclic) bond motifs is 2. The van der Waals surface area contributed by atoms with E-state index < -0.39 is 11.4 Å². The van der Waals surface area contributed by atoms with Crippen molar-refractivity contribution in [2.45, 2.75) is 84.1 Å². The molecule has 2 aliphatic heterocycles. The van der Waals surface area contributed by atoms with Gasteiger partial charge in [-0.3, -0.25) is 19.3 Å². The van der Waals surface area contributed by atoms with Gasteiger partial charge in [0.1, 0.15) is 0 Å². The first-order chi connectivity index (χ1) is 14.2. The molecule has 6 heteroatoms. The lowest BCUT2D eigenvalue weighted by molar-refractivity contribution is -0.171. The number of carbonyl (C=O) groups excluding carboxylic acids is 3. The Morgan fingerprint density at radius 3 is 2.33 bits per heavy atom. The van der Waals surface area contributed by atoms with E-state index in [9.17, 15) is 14.4 Å². The number of piperidine rings is 1. The number of hydrogen-bond acceptors (Lipinski definition) is 5. The molecule has 2 heterocycles. The molecule has 1 amide bonds. The summed E-state index contributed by atoms with van der Waals surface area (Å²) >= 11 is 0. The zero-order chi connectivity index (χ0) is 22.1. The molecular formula is C24H34N2O4. The van der Waals surface area contributed by atoms with Gasteiger partial charge in [0.2, 0.25) is 5.91 Å². The summed E-state index contributed by atoms with van der Waals surface area (Å²) in [7, 11) is 1.31. The van der Waals surface area contributed by atoms with E-state index in [0.29, 0.717) is 6.54 Å². The summed E-state index contributed by atoms with van der Waals surface area (Å²) < 4.78 is 5.16. The SMILES string of the molecule is COC(=O)C1(CC(=O)N(C(C)C)C(C)C)C(=O)CC2CCC1N2Cc1ccccc1. The van der Waals surface area contributed by atoms with E-state index in [1.165, 1.54) is 7.11 Å². The van der Waals surface area contributed by atoms with Gasteiger partial charge in [0.15, 0.2) is 11.2 Å². The number of ketones is 1. The van der Waals surface area contributed by atoms with Gasteiger partial charge in [0.05, 0.1) is 13.5 Å². The molecule has 0 spiro atoms. The molecule has 30 heavy (non-hydrogen) atoms. The molecule has 0 radical (unpaired) electrons. The third kappa shape index (κ3) is 3.89. The van der Waals surface area contributed by atoms with E-state index in [-0.39, 0.29) is 48.7 Å². The van der Waals surface area contributed by atoms with Gasteiger partial charge < -0.3 is 9.64 Å². The average Bonchev–Trinajstić information content (AvgIpc) is 3.00. The molecule has 2 aliphatic rings. The molecule has 3 rings (SSSR count). The molecule has 164 valence electrons. The zero-order valence-electron chi connectivity index (χ0n) is 18.8. The monoisotopic (exact) mass is 414 g/mol. The summed E-state index contributed by atoms with van der Waals surface area (Å²) in [4.78, 5) is 43.9. The summed E-state index contributed by atoms with van der Waals surface area (Å²) in [6, 6.07) is 9.84. The Hall–Kier alpha value is -2.21. The highest BCUT2D eigenvalue weighted by Gasteiger charge is 2.62. The minimum Gasteiger partial charge on any atom is -0.468 e. The van der Waals surface area contributed by atoms with Crippen LogP contribution in [0.3, 0.4) is 0 Å². The van der Waals surface area contributed by atoms with Crippen LogP contribution in [0.1, 0.15) is 58.9 Å². The number of carbonyl (C=O) groups is 3. The largest absolute Gasteiger partial charge is 0.468 e. The Morgan fingerprint density at radius 1 is 1.13 bits per heavy atom. The van der Waals surface area contributed by atoms with E-state index in [0.717, 1.165) is 18.4 Å². The van der Waals surface area contributed by atoms with E-state index in [4.69, 9.17) is 4.74 Å². The van der Waals surface area contributed by atoms with Gasteiger partial charge in [-0.15, -0.1) is 0 Å². The quantitative estimate of drug-likeness (QED) is 0.506. The van der Waals surface area contributed by atoms with E-state index >= 15 is 0 Å². The number of methoxy groups -OCH3 is 1. The summed E-state index contributed by atoms with van der Waals surface area (Å²) in [5, 5.41) is 0. The molecule has 0 N–H and O–H groups in total. The number of ether oxygens (including phenoxy) is 1. The maximum absolute atomic E-state index is 13.4. The first-order valence-electron chi connectivity index (χ1n) is 10.9. The fourth-order valence-corrected chi connectivity index (χ4v) is 5.52. The molecule has 2 fully saturated rings. The Bertz CT molecular complexity index is 784. The minimum absolute atomic E-state index is 0.0114. The van der Waals surface area contributed by atoms with Crippen LogP contribution in [0.15, 0.2) is 30.3 Å². The van der Waals surface area contributed by atoms with Crippen LogP contribution in [0.25, 0.3) is 0 Å². The minimum atomic E-state index is -1.43. The second-order valence-electron chi connectivity index (χ2n) is 9.16. The van der Waals surface area contributed by atoms with Crippen LogP contribution in [0.2, 0.25) is 0 Å². The summed E-state index contributed by atoms with van der Waals surface area (Å²) in [6.45, 7) is 8.49. The van der Waals surface area contributed by atoms with Crippen molar-refractivity contribution in [3.8, 4) is 0 Å². The molecule has 2 saturated heterocycles. The molecule has 3 atom stereocenters. The van der Waals surface area contributed by atoms with Crippen LogP contribution in [0.5, 0.6) is 0 Å². The van der Waals surface area contributed by atoms with Crippen molar-refractivity contribution in [1.29, 1.82) is 0 Å². The van der Waals surface area contributed by atoms with Crippen molar-refractivity contribution < 1.29 is 19.1 Å². The number of esters is 1. The van der Waals surface area contributed by atoms with Crippen LogP contribution in [-0.2, 0) is 25.7 Å². The highest BCUT2D eigenvalue weighted by Crippen LogP contribution is 2.48. The van der Waals surface area contributed by atoms with Crippen molar-refractivity contribution in [1.82, 2.24) is 9.80 Å². The Balaban J connectivity index is 1.98. The number of rotatable bonds is 7. The Morgan fingerprint density at radius 2 is 1.77 bits per heavy atom. The smallest absolute Gasteiger partial charge is 0.321 e. The van der Waals surface area contributed by atoms with E-state index in [1.807, 2.05) is 45.9 Å². The fourth-order valence-electron chi connectivity index (χ4n) is 5.52. The second kappa shape index (κ2) is 8.88. The molecule has 0 aromatic heterocycles. The molecule has 1 aromatic carbocycles. The predicted molar refractivity (Wildman–Crippen MR) is 115 cm³/mol. The van der Waals surface area contributed by atoms with Gasteiger partial charge in [0, 0.05) is 37.1 Å². The van der Waals surface area contributed by atoms with Gasteiger partial charge in [0.25, 0.3) is 0 Å². The van der Waals surface area contributed by atoms with E-state index in [2.05, 4.69) is 17.0 Å². The highest BCUT2D eigenvalue weighted by atomic mass is 16.5. The third-order valence-corrected chi connectivity index (χ3v) is 6.72. The molecule has 0 aliphatic carbocycles. The number of hydrogen-bond donors (Lipinski definition) is 0. The van der Waals surface area contributed by atoms with Gasteiger partial charge in [-0.25, -0.2) is 0 Å². The first kappa shape index (κ1) is 22.5. The molecule has 6 nitrogen and oxygen atoms in total. The van der Waals surface area contributed by atoms with Crippen LogP contribution in [-0.4, -0.2) is 58.7 Å². The van der Waals surface area contributed by atoms with Crippen LogP contribution < -0.4 is 0 Å². The van der Waals surface area contributed by atoms with Crippen LogP contribution >= 0.6 is 0 Å². The normalized spacial score (nSPS) is 26.3. The standard InChI is InChI=1S/C24H34N2O4/c1-16(2)26(17(3)4)22(28)14-24(23(29)30-5)20-12-11-19(13-21(24)27)25(20)15-18-9-7-6-8-10-18/h6-10,16-17,19-20H,11-15H2,1-5H3. The lowest BCUT2D eigenvalue weighted by Crippen LogP contribution is -2.62. The number of Topliss-reactive ketones (excluding diaryl/α,β-unsaturated/α-hetero) is 1. The molecule has 3 unspecified atom stereocenters. The van der Waals surface area contributed by atoms with Crippen molar-refractivity contribution in [3.05, 3.63) is 35.9 Å². The summed E-state index contributed by atoms with van der Waals surface area (Å²) in [5.74, 6) is -0.882. The maximum Gasteiger partial charge on any atom is 0.321 e. The molecular weight excluding hydrogens is 380 g/mol. The zero-order valence-corrected chi connectivity index (χ0v) is 18.8. The van der Waals surface area contributed by atoms with Crippen molar-refractivity contribution >= 4 is 17.7 Å². The molecule has 2 bridgehead atoms. The van der Waals surface area contributed by atoms with Crippen LogP contribution in [0, 0.1) is 5.41 Å². The molecule has 1 aromatic rings. The second-order valence-corrected chi connectivity index (χ2v) is 9.16. The topological polar surface area (TPSA) is 66.9 Å². The maximum atomic E-state index is 13.4. The van der Waals surface area contributed by atoms with Crippen molar-refractivity contribution in [3.63, 3.8) is 0 Å². The fraction of sp³-hybridized carbons (Fsp3) is 0.625. The number of benzene rings is 1. The Kier molecular flexibility index (Phi) is 6.65. The van der Waals surface area contributed by atoms with Crippen LogP contribution in [0.4, 0.5) is 0 Å².